The highest BCUT2D eigenvalue weighted by atomic mass is 32.2. The molecule has 0 spiro atoms. The highest BCUT2D eigenvalue weighted by molar-refractivity contribution is 7.99. The number of aliphatic hydroxyl groups excluding tert-OH is 1. The minimum absolute atomic E-state index is 0.0367. The summed E-state index contributed by atoms with van der Waals surface area (Å²) in [5, 5.41) is 15.0. The molecular formula is C11H22N2O2S. The van der Waals surface area contributed by atoms with Crippen molar-refractivity contribution >= 4 is 17.7 Å². The summed E-state index contributed by atoms with van der Waals surface area (Å²) in [6, 6.07) is -0.0367. The molecule has 1 saturated heterocycles. The van der Waals surface area contributed by atoms with E-state index in [0.29, 0.717) is 12.5 Å². The number of carbonyl (C=O) groups is 1. The molecule has 1 rings (SSSR count). The molecule has 0 saturated carbocycles. The van der Waals surface area contributed by atoms with Gasteiger partial charge in [0.1, 0.15) is 0 Å². The Bertz CT molecular complexity index is 208. The second-order valence-corrected chi connectivity index (χ2v) is 5.26. The molecule has 4 nitrogen and oxygen atoms in total. The summed E-state index contributed by atoms with van der Waals surface area (Å²) in [7, 11) is 0. The van der Waals surface area contributed by atoms with Crippen molar-refractivity contribution in [2.45, 2.75) is 25.8 Å². The molecule has 1 aliphatic rings. The maximum atomic E-state index is 11.8. The van der Waals surface area contributed by atoms with Gasteiger partial charge in [-0.2, -0.15) is 11.8 Å². The Morgan fingerprint density at radius 3 is 3.06 bits per heavy atom. The van der Waals surface area contributed by atoms with Crippen LogP contribution in [0.3, 0.4) is 0 Å². The summed E-state index contributed by atoms with van der Waals surface area (Å²) in [4.78, 5) is 11.8. The average molecular weight is 246 g/mol. The van der Waals surface area contributed by atoms with Crippen LogP contribution in [0.1, 0.15) is 19.8 Å². The van der Waals surface area contributed by atoms with Crippen molar-refractivity contribution in [2.75, 3.05) is 31.2 Å². The van der Waals surface area contributed by atoms with E-state index in [1.165, 1.54) is 0 Å². The number of aliphatic hydroxyl groups is 1. The molecule has 3 N–H and O–H groups in total. The van der Waals surface area contributed by atoms with Crippen molar-refractivity contribution in [1.29, 1.82) is 0 Å². The zero-order valence-electron chi connectivity index (χ0n) is 9.87. The summed E-state index contributed by atoms with van der Waals surface area (Å²) in [5.74, 6) is 2.45. The SMILES string of the molecule is CCC(CCO)CNC(=O)C1CSCCN1. The van der Waals surface area contributed by atoms with Gasteiger partial charge in [0.15, 0.2) is 0 Å². The predicted octanol–water partition coefficient (Wildman–Crippen LogP) is 0.216. The Kier molecular flexibility index (Phi) is 6.84. The quantitative estimate of drug-likeness (QED) is 0.627. The third kappa shape index (κ3) is 4.72. The molecular weight excluding hydrogens is 224 g/mol. The van der Waals surface area contributed by atoms with Gasteiger partial charge in [0.05, 0.1) is 6.04 Å². The van der Waals surface area contributed by atoms with Crippen LogP contribution in [0.15, 0.2) is 0 Å². The topological polar surface area (TPSA) is 61.4 Å². The average Bonchev–Trinajstić information content (AvgIpc) is 2.35. The molecule has 0 bridgehead atoms. The second kappa shape index (κ2) is 7.92. The molecule has 5 heteroatoms. The van der Waals surface area contributed by atoms with E-state index in [0.717, 1.165) is 30.9 Å². The van der Waals surface area contributed by atoms with Gasteiger partial charge in [0.2, 0.25) is 5.91 Å². The van der Waals surface area contributed by atoms with Crippen LogP contribution in [-0.4, -0.2) is 48.3 Å². The lowest BCUT2D eigenvalue weighted by Gasteiger charge is -2.23. The van der Waals surface area contributed by atoms with E-state index < -0.39 is 0 Å². The molecule has 2 atom stereocenters. The minimum atomic E-state index is -0.0367. The number of thioether (sulfide) groups is 1. The molecule has 2 unspecified atom stereocenters. The lowest BCUT2D eigenvalue weighted by molar-refractivity contribution is -0.122. The van der Waals surface area contributed by atoms with Gasteiger partial charge in [-0.25, -0.2) is 0 Å². The smallest absolute Gasteiger partial charge is 0.238 e. The molecule has 1 amide bonds. The van der Waals surface area contributed by atoms with Crippen LogP contribution in [0.5, 0.6) is 0 Å². The van der Waals surface area contributed by atoms with Gasteiger partial charge in [-0.15, -0.1) is 0 Å². The van der Waals surface area contributed by atoms with Crippen molar-refractivity contribution in [2.24, 2.45) is 5.92 Å². The fourth-order valence-electron chi connectivity index (χ4n) is 1.74. The summed E-state index contributed by atoms with van der Waals surface area (Å²) in [6.45, 7) is 3.88. The van der Waals surface area contributed by atoms with Gasteiger partial charge in [-0.1, -0.05) is 13.3 Å². The van der Waals surface area contributed by atoms with Crippen molar-refractivity contribution in [1.82, 2.24) is 10.6 Å². The maximum absolute atomic E-state index is 11.8. The lowest BCUT2D eigenvalue weighted by Crippen LogP contribution is -2.49. The normalized spacial score (nSPS) is 22.8. The van der Waals surface area contributed by atoms with E-state index in [4.69, 9.17) is 5.11 Å². The van der Waals surface area contributed by atoms with Gasteiger partial charge in [0, 0.05) is 31.2 Å². The lowest BCUT2D eigenvalue weighted by atomic mass is 10.0. The second-order valence-electron chi connectivity index (χ2n) is 4.11. The van der Waals surface area contributed by atoms with Crippen molar-refractivity contribution in [3.63, 3.8) is 0 Å². The number of hydrogen-bond donors (Lipinski definition) is 3. The van der Waals surface area contributed by atoms with E-state index in [9.17, 15) is 4.79 Å². The summed E-state index contributed by atoms with van der Waals surface area (Å²) in [6.07, 6.45) is 1.76. The van der Waals surface area contributed by atoms with E-state index in [1.807, 2.05) is 11.8 Å². The number of carbonyl (C=O) groups excluding carboxylic acids is 1. The molecule has 0 aromatic rings. The fourth-order valence-corrected chi connectivity index (χ4v) is 2.67. The summed E-state index contributed by atoms with van der Waals surface area (Å²) in [5.41, 5.74) is 0. The van der Waals surface area contributed by atoms with Gasteiger partial charge < -0.3 is 15.7 Å². The standard InChI is InChI=1S/C11H22N2O2S/c1-2-9(3-5-14)7-13-11(15)10-8-16-6-4-12-10/h9-10,12,14H,2-8H2,1H3,(H,13,15). The van der Waals surface area contributed by atoms with Gasteiger partial charge in [0.25, 0.3) is 0 Å². The number of nitrogens with one attached hydrogen (secondary N) is 2. The van der Waals surface area contributed by atoms with Crippen LogP contribution in [0, 0.1) is 5.92 Å². The molecule has 16 heavy (non-hydrogen) atoms. The highest BCUT2D eigenvalue weighted by Gasteiger charge is 2.21. The van der Waals surface area contributed by atoms with Crippen LogP contribution in [0.4, 0.5) is 0 Å². The fraction of sp³-hybridized carbons (Fsp3) is 0.909. The largest absolute Gasteiger partial charge is 0.396 e. The Hall–Kier alpha value is -0.260. The van der Waals surface area contributed by atoms with E-state index in [1.54, 1.807) is 0 Å². The molecule has 1 fully saturated rings. The first-order chi connectivity index (χ1) is 7.77. The first kappa shape index (κ1) is 13.8. The van der Waals surface area contributed by atoms with Gasteiger partial charge >= 0.3 is 0 Å². The van der Waals surface area contributed by atoms with E-state index >= 15 is 0 Å². The Morgan fingerprint density at radius 2 is 2.50 bits per heavy atom. The summed E-state index contributed by atoms with van der Waals surface area (Å²) < 4.78 is 0. The van der Waals surface area contributed by atoms with Crippen LogP contribution in [0.25, 0.3) is 0 Å². The molecule has 0 aromatic heterocycles. The Labute approximate surface area is 102 Å². The first-order valence-electron chi connectivity index (χ1n) is 5.97. The third-order valence-electron chi connectivity index (χ3n) is 2.92. The van der Waals surface area contributed by atoms with Crippen molar-refractivity contribution in [3.05, 3.63) is 0 Å². The minimum Gasteiger partial charge on any atom is -0.396 e. The van der Waals surface area contributed by atoms with Crippen LogP contribution < -0.4 is 10.6 Å². The van der Waals surface area contributed by atoms with E-state index in [-0.39, 0.29) is 18.6 Å². The molecule has 0 radical (unpaired) electrons. The molecule has 0 aliphatic carbocycles. The molecule has 1 aliphatic heterocycles. The number of amides is 1. The first-order valence-corrected chi connectivity index (χ1v) is 7.13. The molecule has 94 valence electrons. The third-order valence-corrected chi connectivity index (χ3v) is 3.98. The monoisotopic (exact) mass is 246 g/mol. The van der Waals surface area contributed by atoms with Gasteiger partial charge in [-0.3, -0.25) is 4.79 Å². The zero-order chi connectivity index (χ0) is 11.8. The van der Waals surface area contributed by atoms with Gasteiger partial charge in [-0.05, 0) is 12.3 Å². The van der Waals surface area contributed by atoms with Crippen molar-refractivity contribution < 1.29 is 9.90 Å². The Morgan fingerprint density at radius 1 is 1.69 bits per heavy atom. The highest BCUT2D eigenvalue weighted by Crippen LogP contribution is 2.09. The molecule has 0 aromatic carbocycles. The zero-order valence-corrected chi connectivity index (χ0v) is 10.7. The number of hydrogen-bond acceptors (Lipinski definition) is 4. The number of rotatable bonds is 6. The molecule has 1 heterocycles. The Balaban J connectivity index is 2.22. The predicted molar refractivity (Wildman–Crippen MR) is 67.6 cm³/mol. The van der Waals surface area contributed by atoms with Crippen LogP contribution >= 0.6 is 11.8 Å². The van der Waals surface area contributed by atoms with Crippen LogP contribution in [0.2, 0.25) is 0 Å². The maximum Gasteiger partial charge on any atom is 0.238 e. The van der Waals surface area contributed by atoms with Crippen LogP contribution in [-0.2, 0) is 4.79 Å². The van der Waals surface area contributed by atoms with Crippen molar-refractivity contribution in [3.8, 4) is 0 Å². The summed E-state index contributed by atoms with van der Waals surface area (Å²) >= 11 is 1.82. The van der Waals surface area contributed by atoms with E-state index in [2.05, 4.69) is 17.6 Å².